The quantitative estimate of drug-likeness (QED) is 0.587. The van der Waals surface area contributed by atoms with E-state index in [2.05, 4.69) is 26.1 Å². The molecule has 2 unspecified atom stereocenters. The summed E-state index contributed by atoms with van der Waals surface area (Å²) in [6, 6.07) is 0. The molecule has 2 atom stereocenters. The first-order valence-electron chi connectivity index (χ1n) is 5.57. The summed E-state index contributed by atoms with van der Waals surface area (Å²) in [4.78, 5) is 0. The van der Waals surface area contributed by atoms with Gasteiger partial charge in [-0.25, -0.2) is 0 Å². The molecule has 14 heavy (non-hydrogen) atoms. The molecule has 1 aliphatic rings. The Kier molecular flexibility index (Phi) is 5.48. The molecule has 1 saturated carbocycles. The van der Waals surface area contributed by atoms with Gasteiger partial charge >= 0.3 is 0 Å². The van der Waals surface area contributed by atoms with Crippen molar-refractivity contribution in [1.29, 1.82) is 0 Å². The predicted molar refractivity (Wildman–Crippen MR) is 71.0 cm³/mol. The highest BCUT2D eigenvalue weighted by Gasteiger charge is 2.25. The fourth-order valence-electron chi connectivity index (χ4n) is 1.72. The normalized spacial score (nSPS) is 25.6. The number of rotatable bonds is 4. The van der Waals surface area contributed by atoms with Crippen LogP contribution in [0.4, 0.5) is 0 Å². The van der Waals surface area contributed by atoms with E-state index < -0.39 is 5.47 Å². The molecule has 0 amide bonds. The van der Waals surface area contributed by atoms with E-state index in [1.165, 1.54) is 32.1 Å². The van der Waals surface area contributed by atoms with E-state index in [9.17, 15) is 0 Å². The van der Waals surface area contributed by atoms with Crippen LogP contribution in [0.15, 0.2) is 0 Å². The van der Waals surface area contributed by atoms with Crippen LogP contribution in [0.3, 0.4) is 0 Å². The molecule has 0 aromatic heterocycles. The number of hydrogen-bond acceptors (Lipinski definition) is 2. The first-order valence-corrected chi connectivity index (χ1v) is 9.51. The third-order valence-electron chi connectivity index (χ3n) is 3.00. The second-order valence-electron chi connectivity index (χ2n) is 4.19. The number of thiol groups is 1. The Labute approximate surface area is 98.2 Å². The topological polar surface area (TPSA) is 9.23 Å². The van der Waals surface area contributed by atoms with Crippen molar-refractivity contribution in [2.24, 2.45) is 0 Å². The largest absolute Gasteiger partial charge is 0.338 e. The SMILES string of the molecule is CCC(C)P(=S)(S)OC1CCCCC1. The van der Waals surface area contributed by atoms with Gasteiger partial charge in [0, 0.05) is 5.66 Å². The van der Waals surface area contributed by atoms with Crippen molar-refractivity contribution in [3.8, 4) is 0 Å². The van der Waals surface area contributed by atoms with Crippen LogP contribution >= 0.6 is 17.7 Å². The molecule has 4 heteroatoms. The molecule has 0 spiro atoms. The lowest BCUT2D eigenvalue weighted by molar-refractivity contribution is 0.174. The molecule has 0 N–H and O–H groups in total. The first-order chi connectivity index (χ1) is 6.56. The Hall–Kier alpha value is 0.960. The van der Waals surface area contributed by atoms with Crippen molar-refractivity contribution in [2.75, 3.05) is 0 Å². The minimum absolute atomic E-state index is 0.404. The van der Waals surface area contributed by atoms with Crippen molar-refractivity contribution in [1.82, 2.24) is 0 Å². The average Bonchev–Trinajstić information content (AvgIpc) is 2.17. The molecule has 84 valence electrons. The molecule has 0 heterocycles. The molecule has 1 rings (SSSR count). The Morgan fingerprint density at radius 2 is 2.00 bits per heavy atom. The average molecular weight is 252 g/mol. The molecule has 1 fully saturated rings. The zero-order chi connectivity index (χ0) is 10.6. The zero-order valence-electron chi connectivity index (χ0n) is 9.11. The number of hydrogen-bond donors (Lipinski definition) is 1. The van der Waals surface area contributed by atoms with Crippen LogP contribution in [0.5, 0.6) is 0 Å². The van der Waals surface area contributed by atoms with E-state index in [1.54, 1.807) is 0 Å². The van der Waals surface area contributed by atoms with Gasteiger partial charge in [-0.3, -0.25) is 0 Å². The summed E-state index contributed by atoms with van der Waals surface area (Å²) in [5.41, 5.74) is -1.38. The molecule has 0 aromatic carbocycles. The van der Waals surface area contributed by atoms with Crippen molar-refractivity contribution >= 4 is 29.5 Å². The van der Waals surface area contributed by atoms with Gasteiger partial charge in [0.25, 0.3) is 0 Å². The summed E-state index contributed by atoms with van der Waals surface area (Å²) in [5, 5.41) is 0. The van der Waals surface area contributed by atoms with E-state index in [-0.39, 0.29) is 0 Å². The molecule has 1 aliphatic carbocycles. The van der Waals surface area contributed by atoms with Crippen molar-refractivity contribution in [3.05, 3.63) is 0 Å². The molecule has 0 aromatic rings. The van der Waals surface area contributed by atoms with E-state index >= 15 is 0 Å². The first kappa shape index (κ1) is 13.0. The minimum atomic E-state index is -1.82. The summed E-state index contributed by atoms with van der Waals surface area (Å²) in [7, 11) is 0. The molecule has 0 saturated heterocycles. The Morgan fingerprint density at radius 3 is 2.50 bits per heavy atom. The third kappa shape index (κ3) is 3.84. The lowest BCUT2D eigenvalue weighted by Gasteiger charge is -2.30. The lowest BCUT2D eigenvalue weighted by Crippen LogP contribution is -2.16. The maximum Gasteiger partial charge on any atom is 0.119 e. The van der Waals surface area contributed by atoms with Gasteiger partial charge in [-0.2, -0.15) is 0 Å². The van der Waals surface area contributed by atoms with Gasteiger partial charge in [0.1, 0.15) is 5.47 Å². The summed E-state index contributed by atoms with van der Waals surface area (Å²) in [6.07, 6.45) is 7.82. The van der Waals surface area contributed by atoms with Crippen LogP contribution in [0.2, 0.25) is 0 Å². The van der Waals surface area contributed by atoms with Crippen LogP contribution in [0.25, 0.3) is 0 Å². The highest BCUT2D eigenvalue weighted by Crippen LogP contribution is 2.59. The highest BCUT2D eigenvalue weighted by atomic mass is 32.9. The fraction of sp³-hybridized carbons (Fsp3) is 1.00. The van der Waals surface area contributed by atoms with Gasteiger partial charge in [0.2, 0.25) is 0 Å². The monoisotopic (exact) mass is 252 g/mol. The van der Waals surface area contributed by atoms with E-state index in [0.29, 0.717) is 11.8 Å². The van der Waals surface area contributed by atoms with Gasteiger partial charge in [0.15, 0.2) is 0 Å². The molecule has 0 radical (unpaired) electrons. The van der Waals surface area contributed by atoms with Gasteiger partial charge < -0.3 is 4.52 Å². The van der Waals surface area contributed by atoms with Crippen LogP contribution in [-0.4, -0.2) is 11.8 Å². The molecular formula is C10H21OPS2. The van der Waals surface area contributed by atoms with Crippen LogP contribution in [0.1, 0.15) is 52.4 Å². The van der Waals surface area contributed by atoms with Gasteiger partial charge in [0.05, 0.1) is 6.10 Å². The minimum Gasteiger partial charge on any atom is -0.338 e. The Bertz CT molecular complexity index is 214. The van der Waals surface area contributed by atoms with Crippen molar-refractivity contribution < 1.29 is 4.52 Å². The van der Waals surface area contributed by atoms with Crippen LogP contribution in [0, 0.1) is 0 Å². The van der Waals surface area contributed by atoms with Gasteiger partial charge in [-0.05, 0) is 19.3 Å². The Balaban J connectivity index is 2.44. The molecule has 0 aliphatic heterocycles. The second kappa shape index (κ2) is 5.89. The fourth-order valence-corrected chi connectivity index (χ4v) is 4.73. The third-order valence-corrected chi connectivity index (χ3v) is 7.88. The molecular weight excluding hydrogens is 231 g/mol. The van der Waals surface area contributed by atoms with Crippen LogP contribution < -0.4 is 0 Å². The summed E-state index contributed by atoms with van der Waals surface area (Å²) in [6.45, 7) is 4.32. The van der Waals surface area contributed by atoms with E-state index in [1.807, 2.05) is 0 Å². The second-order valence-corrected chi connectivity index (χ2v) is 10.6. The molecule has 1 nitrogen and oxygen atoms in total. The van der Waals surface area contributed by atoms with Gasteiger partial charge in [-0.15, -0.1) is 12.2 Å². The summed E-state index contributed by atoms with van der Waals surface area (Å²) in [5.74, 6) is 0. The predicted octanol–water partition coefficient (Wildman–Crippen LogP) is 4.37. The zero-order valence-corrected chi connectivity index (χ0v) is 11.7. The highest BCUT2D eigenvalue weighted by molar-refractivity contribution is 8.62. The lowest BCUT2D eigenvalue weighted by atomic mass is 9.98. The van der Waals surface area contributed by atoms with Gasteiger partial charge in [-0.1, -0.05) is 44.9 Å². The van der Waals surface area contributed by atoms with Crippen LogP contribution in [-0.2, 0) is 16.3 Å². The van der Waals surface area contributed by atoms with E-state index in [4.69, 9.17) is 16.3 Å². The van der Waals surface area contributed by atoms with Crippen molar-refractivity contribution in [2.45, 2.75) is 64.1 Å². The summed E-state index contributed by atoms with van der Waals surface area (Å²) < 4.78 is 6.02. The Morgan fingerprint density at radius 1 is 1.43 bits per heavy atom. The smallest absolute Gasteiger partial charge is 0.119 e. The maximum atomic E-state index is 6.02. The standard InChI is InChI=1S/C10H21OPS2/c1-3-9(2)12(13,14)11-10-7-5-4-6-8-10/h9-10H,3-8H2,1-2H3,(H,13,14). The van der Waals surface area contributed by atoms with Crippen molar-refractivity contribution in [3.63, 3.8) is 0 Å². The van der Waals surface area contributed by atoms with E-state index in [0.717, 1.165) is 6.42 Å². The molecule has 0 bridgehead atoms. The maximum absolute atomic E-state index is 6.02. The summed E-state index contributed by atoms with van der Waals surface area (Å²) >= 11 is 10.1.